The first kappa shape index (κ1) is 13.7. The summed E-state index contributed by atoms with van der Waals surface area (Å²) in [5, 5.41) is 7.76. The highest BCUT2D eigenvalue weighted by Gasteiger charge is 2.11. The maximum atomic E-state index is 4.31. The highest BCUT2D eigenvalue weighted by atomic mass is 15.4. The maximum Gasteiger partial charge on any atom is 0.141 e. The average Bonchev–Trinajstić information content (AvgIpc) is 2.85. The first-order valence-electron chi connectivity index (χ1n) is 6.77. The zero-order valence-electron chi connectivity index (χ0n) is 12.1. The standard InChI is InChI=1S/C15H22N4/c1-11(2)19-15(17-10-18-19)9-16-13(4)14-8-6-5-7-12(14)3/h5-8,10-11,13,16H,9H2,1-4H3/t13-/m1/s1. The van der Waals surface area contributed by atoms with Crippen LogP contribution in [0.2, 0.25) is 0 Å². The molecule has 1 aromatic carbocycles. The summed E-state index contributed by atoms with van der Waals surface area (Å²) in [6.07, 6.45) is 1.62. The summed E-state index contributed by atoms with van der Waals surface area (Å²) in [5.41, 5.74) is 2.64. The van der Waals surface area contributed by atoms with Crippen molar-refractivity contribution in [1.82, 2.24) is 20.1 Å². The molecule has 0 radical (unpaired) electrons. The van der Waals surface area contributed by atoms with E-state index in [0.717, 1.165) is 12.4 Å². The second-order valence-corrected chi connectivity index (χ2v) is 5.17. The van der Waals surface area contributed by atoms with Crippen molar-refractivity contribution in [3.05, 3.63) is 47.5 Å². The molecule has 1 aromatic heterocycles. The van der Waals surface area contributed by atoms with Gasteiger partial charge in [-0.2, -0.15) is 5.10 Å². The Labute approximate surface area is 114 Å². The van der Waals surface area contributed by atoms with E-state index in [1.165, 1.54) is 11.1 Å². The molecule has 0 spiro atoms. The minimum absolute atomic E-state index is 0.304. The van der Waals surface area contributed by atoms with Crippen LogP contribution in [0.4, 0.5) is 0 Å². The summed E-state index contributed by atoms with van der Waals surface area (Å²) in [5.74, 6) is 0.982. The molecule has 0 fully saturated rings. The second-order valence-electron chi connectivity index (χ2n) is 5.17. The molecule has 4 heteroatoms. The largest absolute Gasteiger partial charge is 0.303 e. The minimum Gasteiger partial charge on any atom is -0.303 e. The molecular weight excluding hydrogens is 236 g/mol. The van der Waals surface area contributed by atoms with Crippen LogP contribution in [0, 0.1) is 6.92 Å². The zero-order valence-corrected chi connectivity index (χ0v) is 12.1. The molecule has 0 amide bonds. The Kier molecular flexibility index (Phi) is 4.32. The Hall–Kier alpha value is -1.68. The van der Waals surface area contributed by atoms with Crippen molar-refractivity contribution in [3.63, 3.8) is 0 Å². The van der Waals surface area contributed by atoms with Gasteiger partial charge in [0.2, 0.25) is 0 Å². The molecular formula is C15H22N4. The molecule has 1 heterocycles. The van der Waals surface area contributed by atoms with Crippen LogP contribution in [0.25, 0.3) is 0 Å². The molecule has 4 nitrogen and oxygen atoms in total. The van der Waals surface area contributed by atoms with Crippen LogP contribution in [-0.2, 0) is 6.54 Å². The van der Waals surface area contributed by atoms with Gasteiger partial charge in [-0.15, -0.1) is 0 Å². The Morgan fingerprint density at radius 2 is 1.95 bits per heavy atom. The number of nitrogens with zero attached hydrogens (tertiary/aromatic N) is 3. The van der Waals surface area contributed by atoms with Gasteiger partial charge in [0.05, 0.1) is 6.54 Å². The van der Waals surface area contributed by atoms with Crippen molar-refractivity contribution in [2.75, 3.05) is 0 Å². The molecule has 1 N–H and O–H groups in total. The van der Waals surface area contributed by atoms with E-state index in [4.69, 9.17) is 0 Å². The van der Waals surface area contributed by atoms with Gasteiger partial charge in [0.1, 0.15) is 12.2 Å². The van der Waals surface area contributed by atoms with Crippen molar-refractivity contribution in [2.45, 2.75) is 46.3 Å². The van der Waals surface area contributed by atoms with Gasteiger partial charge in [0, 0.05) is 12.1 Å². The molecule has 0 bridgehead atoms. The van der Waals surface area contributed by atoms with Crippen molar-refractivity contribution < 1.29 is 0 Å². The van der Waals surface area contributed by atoms with E-state index in [1.54, 1.807) is 6.33 Å². The Morgan fingerprint density at radius 1 is 1.21 bits per heavy atom. The fourth-order valence-corrected chi connectivity index (χ4v) is 2.26. The third-order valence-corrected chi connectivity index (χ3v) is 3.36. The molecule has 2 rings (SSSR count). The van der Waals surface area contributed by atoms with E-state index >= 15 is 0 Å². The third-order valence-electron chi connectivity index (χ3n) is 3.36. The van der Waals surface area contributed by atoms with Crippen molar-refractivity contribution in [3.8, 4) is 0 Å². The van der Waals surface area contributed by atoms with Crippen LogP contribution < -0.4 is 5.32 Å². The highest BCUT2D eigenvalue weighted by Crippen LogP contribution is 2.17. The van der Waals surface area contributed by atoms with Crippen LogP contribution >= 0.6 is 0 Å². The van der Waals surface area contributed by atoms with Crippen LogP contribution in [0.15, 0.2) is 30.6 Å². The van der Waals surface area contributed by atoms with E-state index in [-0.39, 0.29) is 0 Å². The van der Waals surface area contributed by atoms with Gasteiger partial charge in [-0.1, -0.05) is 24.3 Å². The molecule has 102 valence electrons. The quantitative estimate of drug-likeness (QED) is 0.896. The smallest absolute Gasteiger partial charge is 0.141 e. The number of aromatic nitrogens is 3. The Balaban J connectivity index is 2.03. The van der Waals surface area contributed by atoms with Crippen LogP contribution in [0.5, 0.6) is 0 Å². The normalized spacial score (nSPS) is 12.9. The van der Waals surface area contributed by atoms with E-state index in [0.29, 0.717) is 12.1 Å². The van der Waals surface area contributed by atoms with Gasteiger partial charge in [-0.05, 0) is 38.8 Å². The molecule has 0 saturated heterocycles. The molecule has 19 heavy (non-hydrogen) atoms. The van der Waals surface area contributed by atoms with Crippen molar-refractivity contribution in [2.24, 2.45) is 0 Å². The van der Waals surface area contributed by atoms with E-state index in [9.17, 15) is 0 Å². The minimum atomic E-state index is 0.304. The number of nitrogens with one attached hydrogen (secondary N) is 1. The second kappa shape index (κ2) is 5.97. The average molecular weight is 258 g/mol. The topological polar surface area (TPSA) is 42.7 Å². The van der Waals surface area contributed by atoms with Crippen molar-refractivity contribution >= 4 is 0 Å². The maximum absolute atomic E-state index is 4.31. The first-order valence-corrected chi connectivity index (χ1v) is 6.77. The lowest BCUT2D eigenvalue weighted by atomic mass is 10.0. The van der Waals surface area contributed by atoms with Crippen LogP contribution in [-0.4, -0.2) is 14.8 Å². The molecule has 0 aliphatic heterocycles. The monoisotopic (exact) mass is 258 g/mol. The number of benzene rings is 1. The van der Waals surface area contributed by atoms with Gasteiger partial charge in [0.15, 0.2) is 0 Å². The molecule has 0 unspecified atom stereocenters. The SMILES string of the molecule is Cc1ccccc1[C@@H](C)NCc1ncnn1C(C)C. The Bertz CT molecular complexity index is 530. The predicted octanol–water partition coefficient (Wildman–Crippen LogP) is 3.02. The number of hydrogen-bond donors (Lipinski definition) is 1. The Morgan fingerprint density at radius 3 is 2.63 bits per heavy atom. The fraction of sp³-hybridized carbons (Fsp3) is 0.467. The third kappa shape index (κ3) is 3.20. The summed E-state index contributed by atoms with van der Waals surface area (Å²) in [6.45, 7) is 9.28. The highest BCUT2D eigenvalue weighted by molar-refractivity contribution is 5.28. The first-order chi connectivity index (χ1) is 9.09. The number of rotatable bonds is 5. The van der Waals surface area contributed by atoms with Gasteiger partial charge in [0.25, 0.3) is 0 Å². The summed E-state index contributed by atoms with van der Waals surface area (Å²) in [6, 6.07) is 9.11. The predicted molar refractivity (Wildman–Crippen MR) is 76.8 cm³/mol. The number of hydrogen-bond acceptors (Lipinski definition) is 3. The summed E-state index contributed by atoms with van der Waals surface area (Å²) < 4.78 is 1.96. The lowest BCUT2D eigenvalue weighted by Crippen LogP contribution is -2.22. The van der Waals surface area contributed by atoms with Crippen LogP contribution in [0.1, 0.15) is 49.8 Å². The molecule has 2 aromatic rings. The summed E-state index contributed by atoms with van der Waals surface area (Å²) in [7, 11) is 0. The molecule has 1 atom stereocenters. The van der Waals surface area contributed by atoms with Gasteiger partial charge in [-0.3, -0.25) is 0 Å². The van der Waals surface area contributed by atoms with E-state index in [1.807, 2.05) is 4.68 Å². The summed E-state index contributed by atoms with van der Waals surface area (Å²) >= 11 is 0. The van der Waals surface area contributed by atoms with E-state index < -0.39 is 0 Å². The van der Waals surface area contributed by atoms with Gasteiger partial charge in [-0.25, -0.2) is 9.67 Å². The number of aryl methyl sites for hydroxylation is 1. The summed E-state index contributed by atoms with van der Waals surface area (Å²) in [4.78, 5) is 4.31. The lowest BCUT2D eigenvalue weighted by molar-refractivity contribution is 0.473. The van der Waals surface area contributed by atoms with Crippen molar-refractivity contribution in [1.29, 1.82) is 0 Å². The van der Waals surface area contributed by atoms with E-state index in [2.05, 4.69) is 67.4 Å². The van der Waals surface area contributed by atoms with Gasteiger partial charge < -0.3 is 5.32 Å². The van der Waals surface area contributed by atoms with Gasteiger partial charge >= 0.3 is 0 Å². The molecule has 0 aliphatic carbocycles. The fourth-order valence-electron chi connectivity index (χ4n) is 2.26. The lowest BCUT2D eigenvalue weighted by Gasteiger charge is -2.17. The molecule has 0 aliphatic rings. The van der Waals surface area contributed by atoms with Crippen LogP contribution in [0.3, 0.4) is 0 Å². The molecule has 0 saturated carbocycles. The zero-order chi connectivity index (χ0) is 13.8.